The summed E-state index contributed by atoms with van der Waals surface area (Å²) >= 11 is 5.38. The predicted octanol–water partition coefficient (Wildman–Crippen LogP) is 4.01. The van der Waals surface area contributed by atoms with Gasteiger partial charge in [-0.1, -0.05) is 60.7 Å². The van der Waals surface area contributed by atoms with Crippen molar-refractivity contribution in [2.45, 2.75) is 20.0 Å². The average Bonchev–Trinajstić information content (AvgIpc) is 2.49. The maximum atomic E-state index is 5.51. The van der Waals surface area contributed by atoms with Gasteiger partial charge in [0, 0.05) is 13.1 Å². The van der Waals surface area contributed by atoms with Crippen LogP contribution < -0.4 is 0 Å². The summed E-state index contributed by atoms with van der Waals surface area (Å²) in [4.78, 5) is 2.09. The van der Waals surface area contributed by atoms with Gasteiger partial charge in [-0.15, -0.1) is 0 Å². The third-order valence-electron chi connectivity index (χ3n) is 2.96. The van der Waals surface area contributed by atoms with Crippen LogP contribution in [0.1, 0.15) is 18.1 Å². The fourth-order valence-electron chi connectivity index (χ4n) is 2.01. The zero-order chi connectivity index (χ0) is 14.2. The minimum Gasteiger partial charge on any atom is -0.471 e. The van der Waals surface area contributed by atoms with Crippen molar-refractivity contribution in [2.75, 3.05) is 6.61 Å². The lowest BCUT2D eigenvalue weighted by Crippen LogP contribution is -2.30. The topological polar surface area (TPSA) is 12.5 Å². The SMILES string of the molecule is CCOC(=S)N(Cc1ccccc1)Cc1ccccc1. The lowest BCUT2D eigenvalue weighted by Gasteiger charge is -2.24. The van der Waals surface area contributed by atoms with Gasteiger partial charge >= 0.3 is 0 Å². The van der Waals surface area contributed by atoms with Gasteiger partial charge in [0.25, 0.3) is 5.17 Å². The number of hydrogen-bond acceptors (Lipinski definition) is 2. The molecule has 0 saturated heterocycles. The molecule has 2 nitrogen and oxygen atoms in total. The second-order valence-corrected chi connectivity index (χ2v) is 4.88. The molecule has 0 spiro atoms. The van der Waals surface area contributed by atoms with E-state index in [-0.39, 0.29) is 0 Å². The molecule has 0 bridgehead atoms. The summed E-state index contributed by atoms with van der Waals surface area (Å²) in [6, 6.07) is 20.6. The maximum absolute atomic E-state index is 5.51. The minimum absolute atomic E-state index is 0.556. The molecule has 2 aromatic carbocycles. The minimum atomic E-state index is 0.556. The molecule has 3 heteroatoms. The zero-order valence-corrected chi connectivity index (χ0v) is 12.5. The number of ether oxygens (including phenoxy) is 1. The highest BCUT2D eigenvalue weighted by Crippen LogP contribution is 2.11. The summed E-state index contributed by atoms with van der Waals surface area (Å²) in [5.74, 6) is 0. The second kappa shape index (κ2) is 7.65. The van der Waals surface area contributed by atoms with Gasteiger partial charge in [0.2, 0.25) is 0 Å². The highest BCUT2D eigenvalue weighted by molar-refractivity contribution is 7.80. The van der Waals surface area contributed by atoms with Crippen molar-refractivity contribution in [3.63, 3.8) is 0 Å². The summed E-state index contributed by atoms with van der Waals surface area (Å²) < 4.78 is 5.51. The molecule has 0 heterocycles. The molecule has 20 heavy (non-hydrogen) atoms. The third-order valence-corrected chi connectivity index (χ3v) is 3.33. The first-order valence-corrected chi connectivity index (χ1v) is 7.20. The van der Waals surface area contributed by atoms with Crippen molar-refractivity contribution in [3.8, 4) is 0 Å². The Kier molecular flexibility index (Phi) is 5.56. The normalized spacial score (nSPS) is 10.1. The molecule has 0 unspecified atom stereocenters. The molecule has 0 aliphatic carbocycles. The highest BCUT2D eigenvalue weighted by atomic mass is 32.1. The van der Waals surface area contributed by atoms with E-state index in [0.29, 0.717) is 11.8 Å². The Balaban J connectivity index is 2.10. The molecule has 0 N–H and O–H groups in total. The van der Waals surface area contributed by atoms with Crippen LogP contribution in [0.25, 0.3) is 0 Å². The van der Waals surface area contributed by atoms with Crippen molar-refractivity contribution in [2.24, 2.45) is 0 Å². The number of hydrogen-bond donors (Lipinski definition) is 0. The molecule has 0 aliphatic heterocycles. The lowest BCUT2D eigenvalue weighted by atomic mass is 10.2. The summed E-state index contributed by atoms with van der Waals surface area (Å²) in [7, 11) is 0. The molecule has 0 aromatic heterocycles. The Morgan fingerprint density at radius 1 is 0.900 bits per heavy atom. The van der Waals surface area contributed by atoms with E-state index >= 15 is 0 Å². The standard InChI is InChI=1S/C17H19NOS/c1-2-19-17(20)18(13-15-9-5-3-6-10-15)14-16-11-7-4-8-12-16/h3-12H,2,13-14H2,1H3. The average molecular weight is 285 g/mol. The van der Waals surface area contributed by atoms with Crippen LogP contribution in [0.5, 0.6) is 0 Å². The van der Waals surface area contributed by atoms with Crippen molar-refractivity contribution in [1.29, 1.82) is 0 Å². The van der Waals surface area contributed by atoms with Crippen LogP contribution in [0.3, 0.4) is 0 Å². The smallest absolute Gasteiger partial charge is 0.259 e. The quantitative estimate of drug-likeness (QED) is 0.770. The molecule has 0 atom stereocenters. The van der Waals surface area contributed by atoms with Crippen molar-refractivity contribution >= 4 is 17.4 Å². The lowest BCUT2D eigenvalue weighted by molar-refractivity contribution is 0.246. The van der Waals surface area contributed by atoms with Crippen molar-refractivity contribution < 1.29 is 4.74 Å². The summed E-state index contributed by atoms with van der Waals surface area (Å²) in [6.45, 7) is 4.07. The highest BCUT2D eigenvalue weighted by Gasteiger charge is 2.11. The first kappa shape index (κ1) is 14.5. The monoisotopic (exact) mass is 285 g/mol. The van der Waals surface area contributed by atoms with Crippen LogP contribution in [0.15, 0.2) is 60.7 Å². The predicted molar refractivity (Wildman–Crippen MR) is 86.4 cm³/mol. The van der Waals surface area contributed by atoms with Crippen LogP contribution in [-0.2, 0) is 17.8 Å². The van der Waals surface area contributed by atoms with Gasteiger partial charge in [-0.3, -0.25) is 0 Å². The van der Waals surface area contributed by atoms with Gasteiger partial charge in [-0.05, 0) is 30.3 Å². The van der Waals surface area contributed by atoms with Gasteiger partial charge in [-0.2, -0.15) is 0 Å². The maximum Gasteiger partial charge on any atom is 0.259 e. The van der Waals surface area contributed by atoms with E-state index in [1.54, 1.807) is 0 Å². The van der Waals surface area contributed by atoms with Crippen LogP contribution in [0.4, 0.5) is 0 Å². The van der Waals surface area contributed by atoms with Gasteiger partial charge in [0.15, 0.2) is 0 Å². The van der Waals surface area contributed by atoms with Gasteiger partial charge in [0.1, 0.15) is 0 Å². The molecule has 0 radical (unpaired) electrons. The number of rotatable bonds is 5. The van der Waals surface area contributed by atoms with Crippen LogP contribution in [0, 0.1) is 0 Å². The second-order valence-electron chi connectivity index (χ2n) is 4.53. The third kappa shape index (κ3) is 4.35. The molecule has 104 valence electrons. The van der Waals surface area contributed by atoms with Gasteiger partial charge in [-0.25, -0.2) is 0 Å². The van der Waals surface area contributed by atoms with E-state index in [1.165, 1.54) is 11.1 Å². The molecule has 0 saturated carbocycles. The molecule has 2 aromatic rings. The molecular formula is C17H19NOS. The van der Waals surface area contributed by atoms with E-state index in [9.17, 15) is 0 Å². The Morgan fingerprint density at radius 3 is 1.75 bits per heavy atom. The molecule has 0 fully saturated rings. The summed E-state index contributed by atoms with van der Waals surface area (Å²) in [6.07, 6.45) is 0. The fourth-order valence-corrected chi connectivity index (χ4v) is 2.25. The molecule has 2 rings (SSSR count). The number of thiocarbonyl (C=S) groups is 1. The first-order valence-electron chi connectivity index (χ1n) is 6.79. The van der Waals surface area contributed by atoms with Crippen molar-refractivity contribution in [3.05, 3.63) is 71.8 Å². The summed E-state index contributed by atoms with van der Waals surface area (Å²) in [5, 5.41) is 0.556. The molecular weight excluding hydrogens is 266 g/mol. The van der Waals surface area contributed by atoms with Crippen LogP contribution in [-0.4, -0.2) is 16.7 Å². The van der Waals surface area contributed by atoms with E-state index in [2.05, 4.69) is 29.2 Å². The fraction of sp³-hybridized carbons (Fsp3) is 0.235. The molecule has 0 aliphatic rings. The number of benzene rings is 2. The van der Waals surface area contributed by atoms with E-state index < -0.39 is 0 Å². The van der Waals surface area contributed by atoms with E-state index in [4.69, 9.17) is 17.0 Å². The van der Waals surface area contributed by atoms with Gasteiger partial charge in [0.05, 0.1) is 6.61 Å². The van der Waals surface area contributed by atoms with Crippen LogP contribution >= 0.6 is 12.2 Å². The van der Waals surface area contributed by atoms with Crippen LogP contribution in [0.2, 0.25) is 0 Å². The zero-order valence-electron chi connectivity index (χ0n) is 11.7. The summed E-state index contributed by atoms with van der Waals surface area (Å²) in [5.41, 5.74) is 2.45. The van der Waals surface area contributed by atoms with E-state index in [0.717, 1.165) is 13.1 Å². The Morgan fingerprint density at radius 2 is 1.35 bits per heavy atom. The largest absolute Gasteiger partial charge is 0.471 e. The number of nitrogens with zero attached hydrogens (tertiary/aromatic N) is 1. The Bertz CT molecular complexity index is 486. The van der Waals surface area contributed by atoms with Crippen molar-refractivity contribution in [1.82, 2.24) is 4.90 Å². The first-order chi connectivity index (χ1) is 9.79. The van der Waals surface area contributed by atoms with Gasteiger partial charge < -0.3 is 9.64 Å². The molecule has 0 amide bonds. The Labute approximate surface area is 126 Å². The Hall–Kier alpha value is -1.87. The van der Waals surface area contributed by atoms with E-state index in [1.807, 2.05) is 43.3 Å².